The van der Waals surface area contributed by atoms with E-state index in [9.17, 15) is 4.79 Å². The van der Waals surface area contributed by atoms with E-state index in [1.807, 2.05) is 19.1 Å². The molecular formula is C16H22ClN3O. The summed E-state index contributed by atoms with van der Waals surface area (Å²) in [5.74, 6) is -0.227. The predicted octanol–water partition coefficient (Wildman–Crippen LogP) is 2.29. The lowest BCUT2D eigenvalue weighted by atomic mass is 9.89. The quantitative estimate of drug-likeness (QED) is 0.877. The summed E-state index contributed by atoms with van der Waals surface area (Å²) in [5.41, 5.74) is 7.34. The van der Waals surface area contributed by atoms with Crippen molar-refractivity contribution < 1.29 is 4.79 Å². The van der Waals surface area contributed by atoms with Crippen LogP contribution in [0.4, 0.5) is 5.69 Å². The highest BCUT2D eigenvalue weighted by Crippen LogP contribution is 2.38. The van der Waals surface area contributed by atoms with Crippen LogP contribution in [0.25, 0.3) is 0 Å². The monoisotopic (exact) mass is 307 g/mol. The first-order chi connectivity index (χ1) is 9.99. The standard InChI is InChI=1S/C16H22ClN3O/c1-16(15(18)21)7-8-20(10-16)14-11(3-2-4-13(14)17)9-19-12-5-6-12/h2-4,12,19H,5-10H2,1H3,(H2,18,21). The molecule has 1 aromatic carbocycles. The zero-order valence-corrected chi connectivity index (χ0v) is 13.1. The van der Waals surface area contributed by atoms with Gasteiger partial charge in [-0.2, -0.15) is 0 Å². The third kappa shape index (κ3) is 3.01. The number of nitrogens with two attached hydrogens (primary N) is 1. The van der Waals surface area contributed by atoms with Crippen molar-refractivity contribution in [3.8, 4) is 0 Å². The number of nitrogens with one attached hydrogen (secondary N) is 1. The number of carbonyl (C=O) groups excluding carboxylic acids is 1. The van der Waals surface area contributed by atoms with Gasteiger partial charge in [-0.15, -0.1) is 0 Å². The summed E-state index contributed by atoms with van der Waals surface area (Å²) in [4.78, 5) is 13.8. The Morgan fingerprint density at radius 2 is 2.29 bits per heavy atom. The Balaban J connectivity index is 1.82. The minimum absolute atomic E-state index is 0.227. The molecule has 1 unspecified atom stereocenters. The average molecular weight is 308 g/mol. The van der Waals surface area contributed by atoms with Gasteiger partial charge in [0.15, 0.2) is 0 Å². The molecule has 4 nitrogen and oxygen atoms in total. The van der Waals surface area contributed by atoms with Crippen LogP contribution in [0.3, 0.4) is 0 Å². The van der Waals surface area contributed by atoms with Gasteiger partial charge < -0.3 is 16.0 Å². The first-order valence-electron chi connectivity index (χ1n) is 7.55. The van der Waals surface area contributed by atoms with E-state index in [2.05, 4.69) is 16.3 Å². The van der Waals surface area contributed by atoms with Gasteiger partial charge >= 0.3 is 0 Å². The average Bonchev–Trinajstić information content (AvgIpc) is 3.18. The maximum absolute atomic E-state index is 11.6. The van der Waals surface area contributed by atoms with Crippen molar-refractivity contribution in [3.63, 3.8) is 0 Å². The van der Waals surface area contributed by atoms with Crippen LogP contribution < -0.4 is 16.0 Å². The molecule has 1 amide bonds. The fourth-order valence-electron chi connectivity index (χ4n) is 2.95. The number of para-hydroxylation sites is 1. The summed E-state index contributed by atoms with van der Waals surface area (Å²) >= 11 is 6.43. The molecule has 1 aromatic rings. The molecule has 1 saturated carbocycles. The van der Waals surface area contributed by atoms with Crippen molar-refractivity contribution in [3.05, 3.63) is 28.8 Å². The molecule has 1 aliphatic carbocycles. The minimum atomic E-state index is -0.458. The number of hydrogen-bond acceptors (Lipinski definition) is 3. The summed E-state index contributed by atoms with van der Waals surface area (Å²) in [6.45, 7) is 4.22. The number of amides is 1. The van der Waals surface area contributed by atoms with Gasteiger partial charge in [0.1, 0.15) is 0 Å². The van der Waals surface area contributed by atoms with E-state index in [4.69, 9.17) is 17.3 Å². The number of benzene rings is 1. The third-order valence-corrected chi connectivity index (χ3v) is 4.92. The molecule has 0 spiro atoms. The maximum Gasteiger partial charge on any atom is 0.225 e. The van der Waals surface area contributed by atoms with Crippen LogP contribution in [0.1, 0.15) is 31.7 Å². The van der Waals surface area contributed by atoms with Gasteiger partial charge in [0.05, 0.1) is 16.1 Å². The second-order valence-corrected chi connectivity index (χ2v) is 6.91. The molecule has 0 bridgehead atoms. The van der Waals surface area contributed by atoms with Gasteiger partial charge in [-0.05, 0) is 37.8 Å². The van der Waals surface area contributed by atoms with E-state index in [0.717, 1.165) is 30.2 Å². The molecule has 114 valence electrons. The summed E-state index contributed by atoms with van der Waals surface area (Å²) in [7, 11) is 0. The highest BCUT2D eigenvalue weighted by atomic mass is 35.5. The molecule has 1 aliphatic heterocycles. The highest BCUT2D eigenvalue weighted by Gasteiger charge is 2.40. The Kier molecular flexibility index (Phi) is 3.84. The second-order valence-electron chi connectivity index (χ2n) is 6.50. The zero-order chi connectivity index (χ0) is 15.0. The van der Waals surface area contributed by atoms with Crippen molar-refractivity contribution in [1.29, 1.82) is 0 Å². The van der Waals surface area contributed by atoms with E-state index < -0.39 is 5.41 Å². The van der Waals surface area contributed by atoms with Crippen molar-refractivity contribution in [2.24, 2.45) is 11.1 Å². The SMILES string of the molecule is CC1(C(N)=O)CCN(c2c(Cl)cccc2CNC2CC2)C1. The molecule has 1 atom stereocenters. The van der Waals surface area contributed by atoms with E-state index in [0.29, 0.717) is 12.6 Å². The number of rotatable bonds is 5. The van der Waals surface area contributed by atoms with Crippen LogP contribution in [0.15, 0.2) is 18.2 Å². The molecule has 0 radical (unpaired) electrons. The predicted molar refractivity (Wildman–Crippen MR) is 85.4 cm³/mol. The molecule has 1 heterocycles. The van der Waals surface area contributed by atoms with Gasteiger partial charge in [-0.3, -0.25) is 4.79 Å². The summed E-state index contributed by atoms with van der Waals surface area (Å²) in [5, 5.41) is 4.28. The van der Waals surface area contributed by atoms with Gasteiger partial charge in [-0.25, -0.2) is 0 Å². The van der Waals surface area contributed by atoms with Crippen molar-refractivity contribution in [1.82, 2.24) is 5.32 Å². The number of hydrogen-bond donors (Lipinski definition) is 2. The fourth-order valence-corrected chi connectivity index (χ4v) is 3.27. The Hall–Kier alpha value is -1.26. The lowest BCUT2D eigenvalue weighted by Crippen LogP contribution is -2.37. The largest absolute Gasteiger partial charge is 0.369 e. The third-order valence-electron chi connectivity index (χ3n) is 4.61. The van der Waals surface area contributed by atoms with Gasteiger partial charge in [0.25, 0.3) is 0 Å². The van der Waals surface area contributed by atoms with Crippen molar-refractivity contribution >= 4 is 23.2 Å². The molecule has 5 heteroatoms. The summed E-state index contributed by atoms with van der Waals surface area (Å²) in [6, 6.07) is 6.67. The maximum atomic E-state index is 11.6. The van der Waals surface area contributed by atoms with E-state index in [-0.39, 0.29) is 5.91 Å². The minimum Gasteiger partial charge on any atom is -0.369 e. The van der Waals surface area contributed by atoms with Crippen LogP contribution in [0.2, 0.25) is 5.02 Å². The number of halogens is 1. The van der Waals surface area contributed by atoms with Crippen LogP contribution in [0, 0.1) is 5.41 Å². The first-order valence-corrected chi connectivity index (χ1v) is 7.93. The van der Waals surface area contributed by atoms with E-state index in [1.54, 1.807) is 0 Å². The molecule has 2 aliphatic rings. The van der Waals surface area contributed by atoms with Crippen LogP contribution in [0.5, 0.6) is 0 Å². The fraction of sp³-hybridized carbons (Fsp3) is 0.562. The van der Waals surface area contributed by atoms with Crippen LogP contribution in [-0.2, 0) is 11.3 Å². The Labute approximate surface area is 130 Å². The number of nitrogens with zero attached hydrogens (tertiary/aromatic N) is 1. The normalized spacial score (nSPS) is 25.3. The number of anilines is 1. The molecule has 21 heavy (non-hydrogen) atoms. The van der Waals surface area contributed by atoms with Gasteiger partial charge in [0.2, 0.25) is 5.91 Å². The van der Waals surface area contributed by atoms with E-state index >= 15 is 0 Å². The first kappa shape index (κ1) is 14.7. The smallest absolute Gasteiger partial charge is 0.225 e. The summed E-state index contributed by atoms with van der Waals surface area (Å²) < 4.78 is 0. The number of carbonyl (C=O) groups is 1. The van der Waals surface area contributed by atoms with Crippen LogP contribution >= 0.6 is 11.6 Å². The molecule has 3 rings (SSSR count). The topological polar surface area (TPSA) is 58.4 Å². The molecule has 1 saturated heterocycles. The molecular weight excluding hydrogens is 286 g/mol. The van der Waals surface area contributed by atoms with Crippen molar-refractivity contribution in [2.75, 3.05) is 18.0 Å². The summed E-state index contributed by atoms with van der Waals surface area (Å²) in [6.07, 6.45) is 3.31. The lowest BCUT2D eigenvalue weighted by molar-refractivity contribution is -0.125. The zero-order valence-electron chi connectivity index (χ0n) is 12.4. The molecule has 2 fully saturated rings. The van der Waals surface area contributed by atoms with Gasteiger partial charge in [0, 0.05) is 25.7 Å². The second kappa shape index (κ2) is 5.50. The highest BCUT2D eigenvalue weighted by molar-refractivity contribution is 6.33. The molecule has 3 N–H and O–H groups in total. The number of primary amides is 1. The van der Waals surface area contributed by atoms with Gasteiger partial charge in [-0.1, -0.05) is 23.7 Å². The Morgan fingerprint density at radius 3 is 2.90 bits per heavy atom. The Bertz CT molecular complexity index is 558. The Morgan fingerprint density at radius 1 is 1.52 bits per heavy atom. The lowest BCUT2D eigenvalue weighted by Gasteiger charge is -2.26. The van der Waals surface area contributed by atoms with Crippen LogP contribution in [-0.4, -0.2) is 25.0 Å². The van der Waals surface area contributed by atoms with E-state index in [1.165, 1.54) is 18.4 Å². The van der Waals surface area contributed by atoms with Crippen molar-refractivity contribution in [2.45, 2.75) is 38.8 Å². The molecule has 0 aromatic heterocycles.